The van der Waals surface area contributed by atoms with Gasteiger partial charge in [-0.1, -0.05) is 42.5 Å². The van der Waals surface area contributed by atoms with Gasteiger partial charge in [0.15, 0.2) is 0 Å². The van der Waals surface area contributed by atoms with Crippen molar-refractivity contribution in [1.29, 1.82) is 0 Å². The Morgan fingerprint density at radius 2 is 1.78 bits per heavy atom. The molecule has 0 unspecified atom stereocenters. The number of aryl methyl sites for hydroxylation is 1. The molecule has 4 aromatic rings. The third-order valence-electron chi connectivity index (χ3n) is 7.19. The number of hydrogen-bond donors (Lipinski definition) is 1. The molecule has 0 saturated carbocycles. The normalized spacial score (nSPS) is 15.1. The largest absolute Gasteiger partial charge is 0.494 e. The van der Waals surface area contributed by atoms with Crippen molar-refractivity contribution < 1.29 is 9.90 Å². The van der Waals surface area contributed by atoms with E-state index in [1.165, 1.54) is 11.5 Å². The van der Waals surface area contributed by atoms with E-state index in [1.807, 2.05) is 67.6 Å². The maximum Gasteiger partial charge on any atom is 0.230 e. The van der Waals surface area contributed by atoms with Crippen LogP contribution in [0.1, 0.15) is 41.3 Å². The molecule has 5 rings (SSSR count). The van der Waals surface area contributed by atoms with E-state index in [0.717, 1.165) is 48.3 Å². The zero-order chi connectivity index (χ0) is 26.1. The highest BCUT2D eigenvalue weighted by atomic mass is 16.3. The van der Waals surface area contributed by atoms with Gasteiger partial charge in [-0.25, -0.2) is 9.98 Å². The smallest absolute Gasteiger partial charge is 0.230 e. The average Bonchev–Trinajstić information content (AvgIpc) is 3.19. The summed E-state index contributed by atoms with van der Waals surface area (Å²) in [5.41, 5.74) is 4.32. The van der Waals surface area contributed by atoms with Crippen LogP contribution in [0, 0.1) is 6.92 Å². The molecule has 1 saturated heterocycles. The molecule has 2 aromatic carbocycles. The predicted molar refractivity (Wildman–Crippen MR) is 150 cm³/mol. The molecule has 0 aliphatic carbocycles. The molecule has 1 aliphatic heterocycles. The predicted octanol–water partition coefficient (Wildman–Crippen LogP) is 5.41. The van der Waals surface area contributed by atoms with Gasteiger partial charge in [-0.3, -0.25) is 9.36 Å². The highest BCUT2D eigenvalue weighted by Crippen LogP contribution is 2.35. The molecule has 0 spiro atoms. The summed E-state index contributed by atoms with van der Waals surface area (Å²) >= 11 is 0. The number of aromatic hydroxyl groups is 1. The number of pyridine rings is 1. The molecule has 1 fully saturated rings. The fourth-order valence-corrected chi connectivity index (χ4v) is 5.17. The highest BCUT2D eigenvalue weighted by Gasteiger charge is 2.25. The van der Waals surface area contributed by atoms with Gasteiger partial charge >= 0.3 is 0 Å². The van der Waals surface area contributed by atoms with Crippen LogP contribution in [-0.4, -0.2) is 64.4 Å². The van der Waals surface area contributed by atoms with E-state index in [-0.39, 0.29) is 11.8 Å². The van der Waals surface area contributed by atoms with Crippen LogP contribution in [0.3, 0.4) is 0 Å². The number of aromatic nitrogens is 2. The fourth-order valence-electron chi connectivity index (χ4n) is 5.17. The lowest BCUT2D eigenvalue weighted by Crippen LogP contribution is -2.42. The molecular formula is C30H33N5O2. The van der Waals surface area contributed by atoms with Crippen LogP contribution < -0.4 is 4.90 Å². The summed E-state index contributed by atoms with van der Waals surface area (Å²) in [5.74, 6) is 0.587. The third kappa shape index (κ3) is 4.87. The second-order valence-electron chi connectivity index (χ2n) is 9.96. The number of nitrogens with zero attached hydrogens (tertiary/aromatic N) is 5. The first-order chi connectivity index (χ1) is 17.8. The van der Waals surface area contributed by atoms with Crippen molar-refractivity contribution in [2.24, 2.45) is 4.99 Å². The zero-order valence-electron chi connectivity index (χ0n) is 21.8. The summed E-state index contributed by atoms with van der Waals surface area (Å²) in [5, 5.41) is 12.1. The van der Waals surface area contributed by atoms with Crippen molar-refractivity contribution in [2.45, 2.75) is 32.7 Å². The summed E-state index contributed by atoms with van der Waals surface area (Å²) in [7, 11) is 4.28. The van der Waals surface area contributed by atoms with Gasteiger partial charge in [0.05, 0.1) is 28.7 Å². The number of carbonyl (C=O) groups is 1. The zero-order valence-corrected chi connectivity index (χ0v) is 21.8. The third-order valence-corrected chi connectivity index (χ3v) is 7.19. The maximum atomic E-state index is 12.5. The van der Waals surface area contributed by atoms with Gasteiger partial charge in [-0.2, -0.15) is 0 Å². The van der Waals surface area contributed by atoms with Crippen molar-refractivity contribution in [3.63, 3.8) is 0 Å². The Labute approximate surface area is 217 Å². The molecule has 0 bridgehead atoms. The van der Waals surface area contributed by atoms with Gasteiger partial charge in [-0.15, -0.1) is 0 Å². The van der Waals surface area contributed by atoms with Crippen molar-refractivity contribution in [2.75, 3.05) is 32.1 Å². The van der Waals surface area contributed by atoms with Crippen molar-refractivity contribution in [3.05, 3.63) is 83.6 Å². The number of anilines is 1. The highest BCUT2D eigenvalue weighted by molar-refractivity contribution is 6.23. The lowest BCUT2D eigenvalue weighted by atomic mass is 10.0. The Balaban J connectivity index is 1.57. The molecule has 0 atom stereocenters. The molecular weight excluding hydrogens is 462 g/mol. The van der Waals surface area contributed by atoms with E-state index >= 15 is 0 Å². The van der Waals surface area contributed by atoms with Gasteiger partial charge < -0.3 is 14.9 Å². The first kappa shape index (κ1) is 24.7. The number of piperidine rings is 1. The lowest BCUT2D eigenvalue weighted by molar-refractivity contribution is 0.0933. The van der Waals surface area contributed by atoms with E-state index < -0.39 is 0 Å². The van der Waals surface area contributed by atoms with E-state index in [1.54, 1.807) is 6.20 Å². The molecule has 37 heavy (non-hydrogen) atoms. The molecule has 1 N–H and O–H groups in total. The number of rotatable bonds is 5. The summed E-state index contributed by atoms with van der Waals surface area (Å²) in [6, 6.07) is 20.2. The first-order valence-electron chi connectivity index (χ1n) is 12.7. The van der Waals surface area contributed by atoms with Gasteiger partial charge in [0.25, 0.3) is 0 Å². The topological polar surface area (TPSA) is 74.0 Å². The minimum Gasteiger partial charge on any atom is -0.494 e. The maximum absolute atomic E-state index is 12.5. The van der Waals surface area contributed by atoms with Crippen LogP contribution in [0.2, 0.25) is 0 Å². The van der Waals surface area contributed by atoms with E-state index in [9.17, 15) is 9.90 Å². The Bertz CT molecular complexity index is 1450. The number of fused-ring (bicyclic) bond motifs is 1. The van der Waals surface area contributed by atoms with Gasteiger partial charge in [0.2, 0.25) is 11.8 Å². The summed E-state index contributed by atoms with van der Waals surface area (Å²) in [4.78, 5) is 26.8. The Hall–Kier alpha value is -3.97. The summed E-state index contributed by atoms with van der Waals surface area (Å²) in [6.07, 6.45) is 4.01. The Morgan fingerprint density at radius 3 is 2.41 bits per heavy atom. The summed E-state index contributed by atoms with van der Waals surface area (Å²) < 4.78 is 1.36. The molecule has 190 valence electrons. The number of carbonyl (C=O) groups excluding carboxylic acids is 1. The van der Waals surface area contributed by atoms with E-state index in [0.29, 0.717) is 28.5 Å². The molecule has 0 radical (unpaired) electrons. The number of benzene rings is 2. The number of hydrogen-bond acceptors (Lipinski definition) is 6. The molecule has 2 aromatic heterocycles. The Morgan fingerprint density at radius 1 is 1.05 bits per heavy atom. The van der Waals surface area contributed by atoms with Crippen LogP contribution >= 0.6 is 0 Å². The summed E-state index contributed by atoms with van der Waals surface area (Å²) in [6.45, 7) is 5.38. The molecule has 7 heteroatoms. The first-order valence-corrected chi connectivity index (χ1v) is 12.7. The monoisotopic (exact) mass is 495 g/mol. The molecule has 0 amide bonds. The second-order valence-corrected chi connectivity index (χ2v) is 9.96. The van der Waals surface area contributed by atoms with Crippen molar-refractivity contribution >= 4 is 34.0 Å². The second kappa shape index (κ2) is 10.2. The molecule has 7 nitrogen and oxygen atoms in total. The van der Waals surface area contributed by atoms with Crippen LogP contribution in [0.4, 0.5) is 11.5 Å². The van der Waals surface area contributed by atoms with Crippen LogP contribution in [0.15, 0.2) is 71.9 Å². The molecule has 3 heterocycles. The van der Waals surface area contributed by atoms with Crippen LogP contribution in [-0.2, 0) is 0 Å². The van der Waals surface area contributed by atoms with Gasteiger partial charge in [-0.05, 0) is 57.6 Å². The van der Waals surface area contributed by atoms with Crippen molar-refractivity contribution in [3.8, 4) is 5.88 Å². The van der Waals surface area contributed by atoms with Crippen LogP contribution in [0.25, 0.3) is 10.9 Å². The minimum atomic E-state index is -0.254. The number of aliphatic imine (C=N–C) groups is 1. The SMILES string of the molecule is CC(=O)n1c(O)c(C(=Nc2ccc(N3CCC(N(C)C)CC3)nc2)c2ccccc2)c2ccc(C)cc21. The minimum absolute atomic E-state index is 0.107. The Kier molecular flexibility index (Phi) is 6.80. The van der Waals surface area contributed by atoms with Crippen molar-refractivity contribution in [1.82, 2.24) is 14.5 Å². The molecule has 1 aliphatic rings. The fraction of sp³-hybridized carbons (Fsp3) is 0.300. The van der Waals surface area contributed by atoms with Gasteiger partial charge in [0.1, 0.15) is 5.82 Å². The van der Waals surface area contributed by atoms with E-state index in [4.69, 9.17) is 9.98 Å². The van der Waals surface area contributed by atoms with Crippen LogP contribution in [0.5, 0.6) is 5.88 Å². The van der Waals surface area contributed by atoms with Gasteiger partial charge in [0, 0.05) is 37.0 Å². The average molecular weight is 496 g/mol. The standard InChI is InChI=1S/C30H33N5O2/c1-20-10-12-25-26(18-20)35(21(2)36)30(37)28(25)29(22-8-6-5-7-9-22)32-23-11-13-27(31-19-23)34-16-14-24(15-17-34)33(3)4/h5-13,18-19,24,37H,14-17H2,1-4H3. The van der Waals surface area contributed by atoms with E-state index in [2.05, 4.69) is 23.9 Å². The lowest BCUT2D eigenvalue weighted by Gasteiger charge is -2.35. The quantitative estimate of drug-likeness (QED) is 0.375.